The van der Waals surface area contributed by atoms with Gasteiger partial charge in [-0.15, -0.1) is 0 Å². The molecular formula is C23H36O2. The third-order valence-electron chi connectivity index (χ3n) is 6.34. The van der Waals surface area contributed by atoms with Gasteiger partial charge < -0.3 is 9.47 Å². The molecule has 0 atom stereocenters. The third-order valence-corrected chi connectivity index (χ3v) is 6.34. The zero-order valence-corrected chi connectivity index (χ0v) is 16.4. The Morgan fingerprint density at radius 1 is 0.840 bits per heavy atom. The lowest BCUT2D eigenvalue weighted by molar-refractivity contribution is -0.282. The van der Waals surface area contributed by atoms with Crippen molar-refractivity contribution < 1.29 is 9.47 Å². The Kier molecular flexibility index (Phi) is 6.57. The fraction of sp³-hybridized carbons (Fsp3) is 0.739. The fourth-order valence-corrected chi connectivity index (χ4v) is 4.64. The van der Waals surface area contributed by atoms with Crippen LogP contribution >= 0.6 is 0 Å². The molecule has 1 aliphatic carbocycles. The monoisotopic (exact) mass is 344 g/mol. The van der Waals surface area contributed by atoms with Crippen LogP contribution in [0.5, 0.6) is 0 Å². The minimum atomic E-state index is -0.568. The van der Waals surface area contributed by atoms with Crippen LogP contribution in [0.1, 0.15) is 89.2 Å². The van der Waals surface area contributed by atoms with Crippen molar-refractivity contribution >= 4 is 0 Å². The maximum atomic E-state index is 6.12. The van der Waals surface area contributed by atoms with Crippen molar-refractivity contribution in [3.8, 4) is 0 Å². The van der Waals surface area contributed by atoms with E-state index in [-0.39, 0.29) is 0 Å². The smallest absolute Gasteiger partial charge is 0.191 e. The van der Waals surface area contributed by atoms with E-state index in [4.69, 9.17) is 9.47 Å². The van der Waals surface area contributed by atoms with E-state index in [1.807, 2.05) is 0 Å². The molecule has 0 amide bonds. The molecule has 25 heavy (non-hydrogen) atoms. The highest BCUT2D eigenvalue weighted by Gasteiger charge is 2.34. The van der Waals surface area contributed by atoms with E-state index in [0.717, 1.165) is 30.6 Å². The predicted octanol–water partition coefficient (Wildman–Crippen LogP) is 6.40. The molecule has 3 rings (SSSR count). The molecule has 0 aromatic heterocycles. The first kappa shape index (κ1) is 18.9. The first-order chi connectivity index (χ1) is 12.1. The van der Waals surface area contributed by atoms with Crippen LogP contribution in [-0.2, 0) is 15.3 Å². The maximum absolute atomic E-state index is 6.12. The number of hydrogen-bond donors (Lipinski definition) is 0. The fourth-order valence-electron chi connectivity index (χ4n) is 4.64. The van der Waals surface area contributed by atoms with Gasteiger partial charge in [0.1, 0.15) is 0 Å². The third kappa shape index (κ3) is 4.65. The lowest BCUT2D eigenvalue weighted by atomic mass is 9.77. The summed E-state index contributed by atoms with van der Waals surface area (Å²) in [5.41, 5.74) is 2.66. The van der Waals surface area contributed by atoms with E-state index in [1.165, 1.54) is 56.9 Å². The molecule has 0 spiro atoms. The summed E-state index contributed by atoms with van der Waals surface area (Å²) in [6.45, 7) is 8.23. The Bertz CT molecular complexity index is 505. The molecule has 1 saturated carbocycles. The van der Waals surface area contributed by atoms with Gasteiger partial charge in [-0.25, -0.2) is 0 Å². The lowest BCUT2D eigenvalue weighted by Crippen LogP contribution is -2.39. The highest BCUT2D eigenvalue weighted by atomic mass is 16.7. The number of benzene rings is 1. The Balaban J connectivity index is 1.57. The molecule has 2 nitrogen and oxygen atoms in total. The molecule has 2 heteroatoms. The van der Waals surface area contributed by atoms with Gasteiger partial charge >= 0.3 is 0 Å². The van der Waals surface area contributed by atoms with Gasteiger partial charge in [-0.05, 0) is 56.4 Å². The standard InChI is InChI=1S/C23H36O2/c1-4-6-18-8-10-20(11-9-18)21-12-14-22(15-13-21)23(3)24-16-19(7-5-2)17-25-23/h12-15,18-20H,4-11,16-17H2,1-3H3. The van der Waals surface area contributed by atoms with Crippen LogP contribution in [0.15, 0.2) is 24.3 Å². The molecule has 1 heterocycles. The van der Waals surface area contributed by atoms with E-state index < -0.39 is 5.79 Å². The SMILES string of the molecule is CCCC1CCC(c2ccc(C3(C)OCC(CCC)CO3)cc2)CC1. The second-order valence-electron chi connectivity index (χ2n) is 8.35. The van der Waals surface area contributed by atoms with Crippen molar-refractivity contribution in [3.63, 3.8) is 0 Å². The Labute approximate surface area is 154 Å². The van der Waals surface area contributed by atoms with Gasteiger partial charge in [-0.3, -0.25) is 0 Å². The molecule has 1 aromatic rings. The van der Waals surface area contributed by atoms with Gasteiger partial charge in [0, 0.05) is 11.5 Å². The number of ether oxygens (including phenoxy) is 2. The van der Waals surface area contributed by atoms with Crippen molar-refractivity contribution in [2.45, 2.75) is 83.8 Å². The second kappa shape index (κ2) is 8.68. The minimum Gasteiger partial charge on any atom is -0.346 e. The van der Waals surface area contributed by atoms with Crippen LogP contribution in [-0.4, -0.2) is 13.2 Å². The molecule has 140 valence electrons. The first-order valence-corrected chi connectivity index (χ1v) is 10.5. The zero-order valence-electron chi connectivity index (χ0n) is 16.4. The van der Waals surface area contributed by atoms with Crippen molar-refractivity contribution in [1.29, 1.82) is 0 Å². The Hall–Kier alpha value is -0.860. The Morgan fingerprint density at radius 2 is 1.40 bits per heavy atom. The van der Waals surface area contributed by atoms with E-state index >= 15 is 0 Å². The van der Waals surface area contributed by atoms with Crippen molar-refractivity contribution in [2.75, 3.05) is 13.2 Å². The van der Waals surface area contributed by atoms with E-state index in [0.29, 0.717) is 5.92 Å². The highest BCUT2D eigenvalue weighted by molar-refractivity contribution is 5.28. The predicted molar refractivity (Wildman–Crippen MR) is 104 cm³/mol. The van der Waals surface area contributed by atoms with Crippen LogP contribution in [0.25, 0.3) is 0 Å². The van der Waals surface area contributed by atoms with E-state index in [2.05, 4.69) is 45.0 Å². The molecule has 0 N–H and O–H groups in total. The lowest BCUT2D eigenvalue weighted by Gasteiger charge is -2.38. The van der Waals surface area contributed by atoms with Crippen LogP contribution in [0.2, 0.25) is 0 Å². The first-order valence-electron chi connectivity index (χ1n) is 10.5. The summed E-state index contributed by atoms with van der Waals surface area (Å²) in [6, 6.07) is 9.09. The maximum Gasteiger partial charge on any atom is 0.191 e. The number of hydrogen-bond acceptors (Lipinski definition) is 2. The molecule has 0 bridgehead atoms. The van der Waals surface area contributed by atoms with Crippen LogP contribution < -0.4 is 0 Å². The zero-order chi connectivity index (χ0) is 17.7. The summed E-state index contributed by atoms with van der Waals surface area (Å²) in [7, 11) is 0. The molecule has 1 saturated heterocycles. The van der Waals surface area contributed by atoms with E-state index in [9.17, 15) is 0 Å². The summed E-state index contributed by atoms with van der Waals surface area (Å²) in [5.74, 6) is 1.70. The van der Waals surface area contributed by atoms with Crippen molar-refractivity contribution in [2.24, 2.45) is 11.8 Å². The van der Waals surface area contributed by atoms with Gasteiger partial charge in [0.2, 0.25) is 0 Å². The molecular weight excluding hydrogens is 308 g/mol. The van der Waals surface area contributed by atoms with Gasteiger partial charge in [0.05, 0.1) is 13.2 Å². The summed E-state index contributed by atoms with van der Waals surface area (Å²) in [4.78, 5) is 0. The van der Waals surface area contributed by atoms with E-state index in [1.54, 1.807) is 0 Å². The molecule has 1 aliphatic heterocycles. The molecule has 0 unspecified atom stereocenters. The molecule has 2 aliphatic rings. The largest absolute Gasteiger partial charge is 0.346 e. The van der Waals surface area contributed by atoms with Crippen molar-refractivity contribution in [3.05, 3.63) is 35.4 Å². The van der Waals surface area contributed by atoms with Crippen LogP contribution in [0, 0.1) is 11.8 Å². The van der Waals surface area contributed by atoms with Gasteiger partial charge in [0.25, 0.3) is 0 Å². The summed E-state index contributed by atoms with van der Waals surface area (Å²) in [6.07, 6.45) is 10.7. The quantitative estimate of drug-likeness (QED) is 0.595. The number of rotatable bonds is 6. The van der Waals surface area contributed by atoms with Crippen LogP contribution in [0.3, 0.4) is 0 Å². The average molecular weight is 345 g/mol. The second-order valence-corrected chi connectivity index (χ2v) is 8.35. The average Bonchev–Trinajstić information content (AvgIpc) is 2.65. The van der Waals surface area contributed by atoms with Gasteiger partial charge in [-0.2, -0.15) is 0 Å². The minimum absolute atomic E-state index is 0.552. The van der Waals surface area contributed by atoms with Crippen molar-refractivity contribution in [1.82, 2.24) is 0 Å². The van der Waals surface area contributed by atoms with Gasteiger partial charge in [-0.1, -0.05) is 57.4 Å². The van der Waals surface area contributed by atoms with Gasteiger partial charge in [0.15, 0.2) is 5.79 Å². The topological polar surface area (TPSA) is 18.5 Å². The Morgan fingerprint density at radius 3 is 1.96 bits per heavy atom. The summed E-state index contributed by atoms with van der Waals surface area (Å²) < 4.78 is 12.2. The molecule has 0 radical (unpaired) electrons. The normalized spacial score (nSPS) is 33.3. The molecule has 2 fully saturated rings. The summed E-state index contributed by atoms with van der Waals surface area (Å²) >= 11 is 0. The molecule has 1 aromatic carbocycles. The highest BCUT2D eigenvalue weighted by Crippen LogP contribution is 2.39. The van der Waals surface area contributed by atoms with Crippen LogP contribution in [0.4, 0.5) is 0 Å². The summed E-state index contributed by atoms with van der Waals surface area (Å²) in [5, 5.41) is 0.